The van der Waals surface area contributed by atoms with Gasteiger partial charge in [-0.3, -0.25) is 9.59 Å². The maximum Gasteiger partial charge on any atom is 0.276 e. The Bertz CT molecular complexity index is 1420. The lowest BCUT2D eigenvalue weighted by Crippen LogP contribution is -2.26. The summed E-state index contributed by atoms with van der Waals surface area (Å²) in [5, 5.41) is 6.78. The smallest absolute Gasteiger partial charge is 0.276 e. The fourth-order valence-electron chi connectivity index (χ4n) is 2.88. The summed E-state index contributed by atoms with van der Waals surface area (Å²) in [6, 6.07) is 19.0. The molecule has 1 amide bonds. The Hall–Kier alpha value is -4.38. The summed E-state index contributed by atoms with van der Waals surface area (Å²) in [5.41, 5.74) is 0.943. The predicted molar refractivity (Wildman–Crippen MR) is 121 cm³/mol. The number of aromatic nitrogens is 4. The van der Waals surface area contributed by atoms with Crippen molar-refractivity contribution in [3.63, 3.8) is 0 Å². The molecule has 0 fully saturated rings. The molecule has 0 unspecified atom stereocenters. The van der Waals surface area contributed by atoms with Crippen LogP contribution in [0, 0.1) is 0 Å². The first kappa shape index (κ1) is 21.8. The van der Waals surface area contributed by atoms with Gasteiger partial charge in [0.2, 0.25) is 5.95 Å². The summed E-state index contributed by atoms with van der Waals surface area (Å²) in [6.07, 6.45) is 2.83. The molecule has 11 heteroatoms. The minimum atomic E-state index is -3.89. The van der Waals surface area contributed by atoms with E-state index < -0.39 is 15.9 Å². The molecule has 0 radical (unpaired) electrons. The molecular formula is C22H18N6O4S. The third-order valence-corrected chi connectivity index (χ3v) is 5.83. The Kier molecular flexibility index (Phi) is 6.22. The van der Waals surface area contributed by atoms with Gasteiger partial charge in [-0.15, -0.1) is 0 Å². The van der Waals surface area contributed by atoms with Crippen molar-refractivity contribution < 1.29 is 13.2 Å². The van der Waals surface area contributed by atoms with Gasteiger partial charge in [-0.1, -0.05) is 30.3 Å². The molecule has 0 saturated heterocycles. The van der Waals surface area contributed by atoms with Crippen molar-refractivity contribution in [1.29, 1.82) is 0 Å². The second kappa shape index (κ2) is 9.40. The van der Waals surface area contributed by atoms with Gasteiger partial charge in [0.15, 0.2) is 0 Å². The van der Waals surface area contributed by atoms with Gasteiger partial charge < -0.3 is 5.32 Å². The zero-order chi connectivity index (χ0) is 23.3. The number of rotatable bonds is 7. The summed E-state index contributed by atoms with van der Waals surface area (Å²) >= 11 is 0. The first-order chi connectivity index (χ1) is 15.9. The lowest BCUT2D eigenvalue weighted by atomic mass is 10.2. The van der Waals surface area contributed by atoms with Crippen LogP contribution in [0.25, 0.3) is 0 Å². The average Bonchev–Trinajstić information content (AvgIpc) is 2.82. The van der Waals surface area contributed by atoms with Crippen LogP contribution in [0.2, 0.25) is 0 Å². The van der Waals surface area contributed by atoms with Gasteiger partial charge in [0, 0.05) is 24.1 Å². The van der Waals surface area contributed by atoms with Crippen molar-refractivity contribution in [3.8, 4) is 0 Å². The van der Waals surface area contributed by atoms with Crippen LogP contribution in [0.1, 0.15) is 16.1 Å². The van der Waals surface area contributed by atoms with Gasteiger partial charge in [0.1, 0.15) is 5.69 Å². The van der Waals surface area contributed by atoms with Crippen molar-refractivity contribution in [2.45, 2.75) is 11.4 Å². The molecule has 0 aliphatic rings. The van der Waals surface area contributed by atoms with E-state index in [-0.39, 0.29) is 28.6 Å². The Morgan fingerprint density at radius 2 is 1.58 bits per heavy atom. The Morgan fingerprint density at radius 3 is 2.27 bits per heavy atom. The van der Waals surface area contributed by atoms with Crippen molar-refractivity contribution in [3.05, 3.63) is 107 Å². The lowest BCUT2D eigenvalue weighted by Gasteiger charge is -2.09. The summed E-state index contributed by atoms with van der Waals surface area (Å²) in [4.78, 5) is 32.4. The largest absolute Gasteiger partial charge is 0.321 e. The van der Waals surface area contributed by atoms with E-state index in [1.165, 1.54) is 53.5 Å². The first-order valence-electron chi connectivity index (χ1n) is 9.74. The van der Waals surface area contributed by atoms with Crippen LogP contribution in [0.4, 0.5) is 11.6 Å². The molecule has 4 rings (SSSR count). The fraction of sp³-hybridized carbons (Fsp3) is 0.0455. The summed E-state index contributed by atoms with van der Waals surface area (Å²) < 4.78 is 28.4. The zero-order valence-electron chi connectivity index (χ0n) is 17.1. The van der Waals surface area contributed by atoms with E-state index in [4.69, 9.17) is 0 Å². The van der Waals surface area contributed by atoms with Gasteiger partial charge in [0.25, 0.3) is 21.5 Å². The number of hydrogen-bond acceptors (Lipinski definition) is 7. The van der Waals surface area contributed by atoms with E-state index in [1.54, 1.807) is 6.07 Å². The number of anilines is 2. The average molecular weight is 462 g/mol. The highest BCUT2D eigenvalue weighted by Crippen LogP contribution is 2.17. The van der Waals surface area contributed by atoms with Gasteiger partial charge in [-0.05, 0) is 42.0 Å². The van der Waals surface area contributed by atoms with Crippen LogP contribution in [0.5, 0.6) is 0 Å². The normalized spacial score (nSPS) is 11.0. The molecule has 2 aromatic carbocycles. The quantitative estimate of drug-likeness (QED) is 0.429. The highest BCUT2D eigenvalue weighted by Gasteiger charge is 2.16. The van der Waals surface area contributed by atoms with E-state index in [1.807, 2.05) is 30.3 Å². The standard InChI is InChI=1S/C22H18N6O4S/c29-20-12-11-19(26-28(20)15-16-5-2-1-3-6-16)21(30)25-17-7-9-18(10-8-17)33(31,32)27-22-23-13-4-14-24-22/h1-14H,15H2,(H,25,30)(H,23,24,27). The fourth-order valence-corrected chi connectivity index (χ4v) is 3.84. The van der Waals surface area contributed by atoms with Crippen molar-refractivity contribution in [1.82, 2.24) is 19.7 Å². The van der Waals surface area contributed by atoms with Gasteiger partial charge in [0.05, 0.1) is 11.4 Å². The second-order valence-electron chi connectivity index (χ2n) is 6.86. The molecule has 2 heterocycles. The number of nitrogens with zero attached hydrogens (tertiary/aromatic N) is 4. The van der Waals surface area contributed by atoms with Crippen molar-refractivity contribution in [2.75, 3.05) is 10.0 Å². The first-order valence-corrected chi connectivity index (χ1v) is 11.2. The molecule has 4 aromatic rings. The second-order valence-corrected chi connectivity index (χ2v) is 8.54. The van der Waals surface area contributed by atoms with Crippen LogP contribution in [0.15, 0.2) is 94.9 Å². The number of benzene rings is 2. The highest BCUT2D eigenvalue weighted by molar-refractivity contribution is 7.92. The van der Waals surface area contributed by atoms with Crippen LogP contribution in [-0.4, -0.2) is 34.1 Å². The van der Waals surface area contributed by atoms with Gasteiger partial charge >= 0.3 is 0 Å². The molecule has 0 saturated carbocycles. The zero-order valence-corrected chi connectivity index (χ0v) is 17.9. The molecular weight excluding hydrogens is 444 g/mol. The maximum atomic E-state index is 12.6. The highest BCUT2D eigenvalue weighted by atomic mass is 32.2. The van der Waals surface area contributed by atoms with Gasteiger partial charge in [-0.25, -0.2) is 27.8 Å². The molecule has 2 aromatic heterocycles. The Morgan fingerprint density at radius 1 is 0.879 bits per heavy atom. The van der Waals surface area contributed by atoms with Crippen LogP contribution < -0.4 is 15.6 Å². The Balaban J connectivity index is 1.47. The molecule has 10 nitrogen and oxygen atoms in total. The molecule has 0 atom stereocenters. The molecule has 166 valence electrons. The van der Waals surface area contributed by atoms with Crippen LogP contribution in [-0.2, 0) is 16.6 Å². The maximum absolute atomic E-state index is 12.6. The van der Waals surface area contributed by atoms with E-state index >= 15 is 0 Å². The number of amides is 1. The van der Waals surface area contributed by atoms with E-state index in [9.17, 15) is 18.0 Å². The minimum absolute atomic E-state index is 0.0255. The molecule has 0 spiro atoms. The lowest BCUT2D eigenvalue weighted by molar-refractivity contribution is 0.102. The number of nitrogens with one attached hydrogen (secondary N) is 2. The molecule has 33 heavy (non-hydrogen) atoms. The molecule has 0 aliphatic carbocycles. The minimum Gasteiger partial charge on any atom is -0.321 e. The summed E-state index contributed by atoms with van der Waals surface area (Å²) in [5.74, 6) is -0.588. The number of carbonyl (C=O) groups is 1. The SMILES string of the molecule is O=C(Nc1ccc(S(=O)(=O)Nc2ncccn2)cc1)c1ccc(=O)n(Cc2ccccc2)n1. The number of hydrogen-bond donors (Lipinski definition) is 2. The molecule has 0 aliphatic heterocycles. The summed E-state index contributed by atoms with van der Waals surface area (Å²) in [7, 11) is -3.89. The van der Waals surface area contributed by atoms with Crippen LogP contribution >= 0.6 is 0 Å². The third-order valence-electron chi connectivity index (χ3n) is 4.49. The van der Waals surface area contributed by atoms with E-state index in [0.717, 1.165) is 5.56 Å². The molecule has 2 N–H and O–H groups in total. The number of sulfonamides is 1. The van der Waals surface area contributed by atoms with Crippen molar-refractivity contribution in [2.24, 2.45) is 0 Å². The van der Waals surface area contributed by atoms with Crippen LogP contribution in [0.3, 0.4) is 0 Å². The monoisotopic (exact) mass is 462 g/mol. The summed E-state index contributed by atoms with van der Waals surface area (Å²) in [6.45, 7) is 0.228. The van der Waals surface area contributed by atoms with Gasteiger partial charge in [-0.2, -0.15) is 5.10 Å². The van der Waals surface area contributed by atoms with E-state index in [2.05, 4.69) is 25.1 Å². The topological polar surface area (TPSA) is 136 Å². The van der Waals surface area contributed by atoms with E-state index in [0.29, 0.717) is 5.69 Å². The third kappa shape index (κ3) is 5.46. The Labute approximate surface area is 189 Å². The molecule has 0 bridgehead atoms. The van der Waals surface area contributed by atoms with Crippen molar-refractivity contribution >= 4 is 27.6 Å². The number of carbonyl (C=O) groups excluding carboxylic acids is 1. The predicted octanol–water partition coefficient (Wildman–Crippen LogP) is 2.13.